The number of methoxy groups -OCH3 is 1. The average Bonchev–Trinajstić information content (AvgIpc) is 2.85. The van der Waals surface area contributed by atoms with Crippen LogP contribution in [0.2, 0.25) is 5.02 Å². The normalized spacial score (nSPS) is 16.4. The number of hydrogen-bond donors (Lipinski definition) is 1. The molecule has 0 bridgehead atoms. The van der Waals surface area contributed by atoms with Crippen LogP contribution in [-0.4, -0.2) is 43.5 Å². The lowest BCUT2D eigenvalue weighted by atomic mass is 9.96. The number of carbonyl (C=O) groups excluding carboxylic acids is 2. The molecule has 1 aliphatic rings. The lowest BCUT2D eigenvalue weighted by Crippen LogP contribution is -2.45. The first kappa shape index (κ1) is 26.9. The maximum atomic E-state index is 13.0. The molecule has 1 unspecified atom stereocenters. The summed E-state index contributed by atoms with van der Waals surface area (Å²) in [5.74, 6) is -0.190. The Morgan fingerprint density at radius 1 is 1.23 bits per heavy atom. The second kappa shape index (κ2) is 12.4. The van der Waals surface area contributed by atoms with E-state index in [1.165, 1.54) is 31.0 Å². The number of amides is 2. The molecule has 3 rings (SSSR count). The van der Waals surface area contributed by atoms with Gasteiger partial charge in [-0.1, -0.05) is 29.4 Å². The molecule has 0 aliphatic carbocycles. The average molecular weight is 527 g/mol. The predicted molar refractivity (Wildman–Crippen MR) is 131 cm³/mol. The lowest BCUT2D eigenvalue weighted by Gasteiger charge is -2.32. The molecule has 1 heterocycles. The van der Waals surface area contributed by atoms with Crippen molar-refractivity contribution < 1.29 is 27.5 Å². The highest BCUT2D eigenvalue weighted by atomic mass is 35.5. The van der Waals surface area contributed by atoms with E-state index in [9.17, 15) is 22.8 Å². The van der Waals surface area contributed by atoms with Gasteiger partial charge in [0.25, 0.3) is 5.91 Å². The smallest absolute Gasteiger partial charge is 0.416 e. The van der Waals surface area contributed by atoms with E-state index in [2.05, 4.69) is 5.32 Å². The van der Waals surface area contributed by atoms with Gasteiger partial charge in [-0.2, -0.15) is 13.2 Å². The number of hydrogen-bond acceptors (Lipinski definition) is 4. The van der Waals surface area contributed by atoms with Crippen molar-refractivity contribution in [2.45, 2.75) is 30.3 Å². The highest BCUT2D eigenvalue weighted by Gasteiger charge is 2.31. The van der Waals surface area contributed by atoms with Crippen molar-refractivity contribution in [1.29, 1.82) is 0 Å². The molecule has 0 aromatic heterocycles. The first-order valence-electron chi connectivity index (χ1n) is 11.1. The number of likely N-dealkylation sites (tertiary alicyclic amines) is 1. The zero-order chi connectivity index (χ0) is 25.4. The standard InChI is InChI=1S/C25H26ClF3N2O3S/c1-34-22-11-8-19(26)15-21(22)24(33)31-13-4-5-17(16-31)23(32)30-12-2-3-14-35-20-9-6-18(7-10-20)25(27,28)29/h3,6-11,14-15,17H,2,4-5,12-13,16H2,1H3,(H,30,32)/b14-3+. The Balaban J connectivity index is 1.44. The zero-order valence-corrected chi connectivity index (χ0v) is 20.7. The predicted octanol–water partition coefficient (Wildman–Crippen LogP) is 6.03. The fourth-order valence-corrected chi connectivity index (χ4v) is 4.59. The Morgan fingerprint density at radius 3 is 2.66 bits per heavy atom. The number of rotatable bonds is 8. The summed E-state index contributed by atoms with van der Waals surface area (Å²) in [5, 5.41) is 5.12. The highest BCUT2D eigenvalue weighted by Crippen LogP contribution is 2.31. The van der Waals surface area contributed by atoms with Crippen molar-refractivity contribution in [2.24, 2.45) is 5.92 Å². The Bertz CT molecular complexity index is 1060. The number of piperidine rings is 1. The molecule has 2 amide bonds. The van der Waals surface area contributed by atoms with Crippen LogP contribution < -0.4 is 10.1 Å². The van der Waals surface area contributed by atoms with Gasteiger partial charge in [0.05, 0.1) is 24.2 Å². The number of benzene rings is 2. The summed E-state index contributed by atoms with van der Waals surface area (Å²) >= 11 is 7.36. The third kappa shape index (κ3) is 7.67. The number of ether oxygens (including phenoxy) is 1. The van der Waals surface area contributed by atoms with Gasteiger partial charge in [0.1, 0.15) is 5.75 Å². The summed E-state index contributed by atoms with van der Waals surface area (Å²) in [6.07, 6.45) is -0.500. The largest absolute Gasteiger partial charge is 0.496 e. The summed E-state index contributed by atoms with van der Waals surface area (Å²) < 4.78 is 43.1. The molecule has 1 N–H and O–H groups in total. The van der Waals surface area contributed by atoms with Crippen molar-refractivity contribution >= 4 is 35.2 Å². The second-order valence-corrected chi connectivity index (χ2v) is 9.44. The van der Waals surface area contributed by atoms with E-state index < -0.39 is 11.7 Å². The minimum absolute atomic E-state index is 0.107. The Hall–Kier alpha value is -2.65. The summed E-state index contributed by atoms with van der Waals surface area (Å²) in [6, 6.07) is 9.83. The molecule has 1 saturated heterocycles. The van der Waals surface area contributed by atoms with Crippen LogP contribution >= 0.6 is 23.4 Å². The Kier molecular flexibility index (Phi) is 9.51. The molecule has 5 nitrogen and oxygen atoms in total. The number of nitrogens with one attached hydrogen (secondary N) is 1. The van der Waals surface area contributed by atoms with Crippen LogP contribution in [0.1, 0.15) is 35.2 Å². The van der Waals surface area contributed by atoms with Crippen LogP contribution in [0.5, 0.6) is 5.75 Å². The van der Waals surface area contributed by atoms with Crippen molar-refractivity contribution in [2.75, 3.05) is 26.7 Å². The second-order valence-electron chi connectivity index (χ2n) is 8.03. The van der Waals surface area contributed by atoms with Crippen LogP contribution in [0.25, 0.3) is 0 Å². The fourth-order valence-electron chi connectivity index (χ4n) is 3.73. The van der Waals surface area contributed by atoms with Gasteiger partial charge in [-0.15, -0.1) is 0 Å². The van der Waals surface area contributed by atoms with Crippen molar-refractivity contribution in [3.63, 3.8) is 0 Å². The molecule has 2 aromatic rings. The number of alkyl halides is 3. The number of nitrogens with zero attached hydrogens (tertiary/aromatic N) is 1. The van der Waals surface area contributed by atoms with E-state index in [1.54, 1.807) is 28.5 Å². The minimum atomic E-state index is -4.35. The molecule has 35 heavy (non-hydrogen) atoms. The Labute approximate surface area is 211 Å². The molecule has 10 heteroatoms. The summed E-state index contributed by atoms with van der Waals surface area (Å²) in [4.78, 5) is 28.0. The van der Waals surface area contributed by atoms with E-state index >= 15 is 0 Å². The summed E-state index contributed by atoms with van der Waals surface area (Å²) in [5.41, 5.74) is -0.306. The SMILES string of the molecule is COc1ccc(Cl)cc1C(=O)N1CCCC(C(=O)NCC/C=C/Sc2ccc(C(F)(F)F)cc2)C1. The molecule has 1 fully saturated rings. The lowest BCUT2D eigenvalue weighted by molar-refractivity contribution is -0.137. The van der Waals surface area contributed by atoms with Crippen molar-refractivity contribution in [3.05, 3.63) is 70.1 Å². The van der Waals surface area contributed by atoms with E-state index in [4.69, 9.17) is 16.3 Å². The molecule has 2 aromatic carbocycles. The van der Waals surface area contributed by atoms with Gasteiger partial charge in [0, 0.05) is 29.6 Å². The van der Waals surface area contributed by atoms with Crippen LogP contribution in [-0.2, 0) is 11.0 Å². The molecule has 0 spiro atoms. The summed E-state index contributed by atoms with van der Waals surface area (Å²) in [6.45, 7) is 1.30. The molecule has 188 valence electrons. The zero-order valence-electron chi connectivity index (χ0n) is 19.1. The Morgan fingerprint density at radius 2 is 1.97 bits per heavy atom. The maximum Gasteiger partial charge on any atom is 0.416 e. The van der Waals surface area contributed by atoms with Gasteiger partial charge in [0.15, 0.2) is 0 Å². The third-order valence-electron chi connectivity index (χ3n) is 5.56. The van der Waals surface area contributed by atoms with Gasteiger partial charge in [0.2, 0.25) is 5.91 Å². The summed E-state index contributed by atoms with van der Waals surface area (Å²) in [7, 11) is 1.49. The van der Waals surface area contributed by atoms with Crippen molar-refractivity contribution in [1.82, 2.24) is 10.2 Å². The molecular weight excluding hydrogens is 501 g/mol. The fraction of sp³-hybridized carbons (Fsp3) is 0.360. The van der Waals surface area contributed by atoms with Crippen LogP contribution in [0.3, 0.4) is 0 Å². The topological polar surface area (TPSA) is 58.6 Å². The van der Waals surface area contributed by atoms with Gasteiger partial charge < -0.3 is 15.0 Å². The third-order valence-corrected chi connectivity index (χ3v) is 6.67. The van der Waals surface area contributed by atoms with E-state index in [0.29, 0.717) is 53.7 Å². The quantitative estimate of drug-likeness (QED) is 0.337. The van der Waals surface area contributed by atoms with Gasteiger partial charge in [-0.25, -0.2) is 0 Å². The van der Waals surface area contributed by atoms with Gasteiger partial charge in [-0.05, 0) is 67.1 Å². The molecule has 1 aliphatic heterocycles. The molecule has 1 atom stereocenters. The van der Waals surface area contributed by atoms with Crippen molar-refractivity contribution in [3.8, 4) is 5.75 Å². The van der Waals surface area contributed by atoms with E-state index in [-0.39, 0.29) is 17.7 Å². The first-order valence-corrected chi connectivity index (χ1v) is 12.3. The molecule has 0 radical (unpaired) electrons. The van der Waals surface area contributed by atoms with Crippen LogP contribution in [0.15, 0.2) is 58.8 Å². The highest BCUT2D eigenvalue weighted by molar-refractivity contribution is 8.02. The van der Waals surface area contributed by atoms with E-state index in [1.807, 2.05) is 6.08 Å². The van der Waals surface area contributed by atoms with E-state index in [0.717, 1.165) is 18.6 Å². The van der Waals surface area contributed by atoms with Crippen LogP contribution in [0.4, 0.5) is 13.2 Å². The first-order chi connectivity index (χ1) is 16.7. The molecule has 0 saturated carbocycles. The number of thioether (sulfide) groups is 1. The van der Waals surface area contributed by atoms with Crippen LogP contribution in [0, 0.1) is 5.92 Å². The minimum Gasteiger partial charge on any atom is -0.496 e. The maximum absolute atomic E-state index is 13.0. The number of carbonyl (C=O) groups is 2. The monoisotopic (exact) mass is 526 g/mol. The van der Waals surface area contributed by atoms with Gasteiger partial charge >= 0.3 is 6.18 Å². The molecular formula is C25H26ClF3N2O3S. The number of halogens is 4. The van der Waals surface area contributed by atoms with Gasteiger partial charge in [-0.3, -0.25) is 9.59 Å².